The maximum atomic E-state index is 12.5. The summed E-state index contributed by atoms with van der Waals surface area (Å²) in [6, 6.07) is 5.73. The van der Waals surface area contributed by atoms with Crippen molar-refractivity contribution in [3.05, 3.63) is 29.8 Å². The highest BCUT2D eigenvalue weighted by molar-refractivity contribution is 5.82. The van der Waals surface area contributed by atoms with Crippen LogP contribution in [-0.4, -0.2) is 29.9 Å². The van der Waals surface area contributed by atoms with Gasteiger partial charge in [0.15, 0.2) is 0 Å². The molecule has 0 fully saturated rings. The lowest BCUT2D eigenvalue weighted by molar-refractivity contribution is -0.147. The minimum Gasteiger partial charge on any atom is -0.508 e. The Balaban J connectivity index is 3.31. The van der Waals surface area contributed by atoms with E-state index in [1.54, 1.807) is 0 Å². The van der Waals surface area contributed by atoms with Crippen molar-refractivity contribution in [2.75, 3.05) is 13.7 Å². The van der Waals surface area contributed by atoms with Gasteiger partial charge in [-0.2, -0.15) is 0 Å². The lowest BCUT2D eigenvalue weighted by atomic mass is 9.76. The van der Waals surface area contributed by atoms with Crippen LogP contribution in [0.25, 0.3) is 0 Å². The molecule has 0 amide bonds. The second-order valence-electron chi connectivity index (χ2n) is 6.12. The Kier molecular flexibility index (Phi) is 4.34. The first-order valence-electron chi connectivity index (χ1n) is 8.49. The van der Waals surface area contributed by atoms with Gasteiger partial charge < -0.3 is 14.9 Å². The predicted molar refractivity (Wildman–Crippen MR) is 82.2 cm³/mol. The largest absolute Gasteiger partial charge is 0.508 e. The highest BCUT2D eigenvalue weighted by Gasteiger charge is 2.36. The summed E-state index contributed by atoms with van der Waals surface area (Å²) in [7, 11) is 1.16. The zero-order chi connectivity index (χ0) is 18.6. The molecule has 0 aromatic heterocycles. The molecule has 0 saturated carbocycles. The van der Waals surface area contributed by atoms with Crippen LogP contribution >= 0.6 is 0 Å². The Morgan fingerprint density at radius 1 is 1.38 bits per heavy atom. The van der Waals surface area contributed by atoms with Crippen LogP contribution in [0.1, 0.15) is 49.6 Å². The highest BCUT2D eigenvalue weighted by Crippen LogP contribution is 2.34. The van der Waals surface area contributed by atoms with E-state index in [1.807, 2.05) is 13.8 Å². The van der Waals surface area contributed by atoms with Gasteiger partial charge in [0.2, 0.25) is 0 Å². The van der Waals surface area contributed by atoms with Crippen molar-refractivity contribution < 1.29 is 23.9 Å². The van der Waals surface area contributed by atoms with Gasteiger partial charge in [-0.25, -0.2) is 0 Å². The monoisotopic (exact) mass is 297 g/mol. The molecule has 1 atom stereocenters. The smallest absolute Gasteiger partial charge is 0.315 e. The number of aliphatic hydroxyl groups excluding tert-OH is 1. The Morgan fingerprint density at radius 3 is 2.62 bits per heavy atom. The van der Waals surface area contributed by atoms with Gasteiger partial charge >= 0.3 is 5.97 Å². The molecule has 21 heavy (non-hydrogen) atoms. The molecule has 0 heterocycles. The van der Waals surface area contributed by atoms with Gasteiger partial charge in [0.05, 0.1) is 12.5 Å². The van der Waals surface area contributed by atoms with E-state index in [0.717, 1.165) is 7.11 Å². The van der Waals surface area contributed by atoms with Gasteiger partial charge in [-0.1, -0.05) is 32.4 Å². The lowest BCUT2D eigenvalue weighted by Crippen LogP contribution is -2.34. The molecule has 4 nitrogen and oxygen atoms in total. The van der Waals surface area contributed by atoms with Crippen LogP contribution in [0.2, 0.25) is 0 Å². The first-order chi connectivity index (χ1) is 11.0. The summed E-state index contributed by atoms with van der Waals surface area (Å²) in [5.74, 6) is -0.962. The number of hydrogen-bond donors (Lipinski definition) is 2. The predicted octanol–water partition coefficient (Wildman–Crippen LogP) is 3.01. The molecule has 1 unspecified atom stereocenters. The first kappa shape index (κ1) is 13.1. The number of carbonyl (C=O) groups excluding carboxylic acids is 1. The Morgan fingerprint density at radius 2 is 2.10 bits per heavy atom. The minimum absolute atomic E-state index is 0.0296. The average molecular weight is 297 g/mol. The van der Waals surface area contributed by atoms with Crippen molar-refractivity contribution in [3.63, 3.8) is 0 Å². The van der Waals surface area contributed by atoms with Crippen LogP contribution in [-0.2, 0) is 14.9 Å². The third kappa shape index (κ3) is 4.46. The molecule has 0 aliphatic heterocycles. The summed E-state index contributed by atoms with van der Waals surface area (Å²) in [4.78, 5) is 12.5. The molecule has 0 spiro atoms. The fourth-order valence-electron chi connectivity index (χ4n) is 2.22. The highest BCUT2D eigenvalue weighted by atomic mass is 16.5. The van der Waals surface area contributed by atoms with Crippen LogP contribution in [0.4, 0.5) is 0 Å². The van der Waals surface area contributed by atoms with Gasteiger partial charge in [-0.05, 0) is 42.8 Å². The molecule has 1 aromatic rings. The van der Waals surface area contributed by atoms with Gasteiger partial charge in [0, 0.05) is 10.7 Å². The summed E-state index contributed by atoms with van der Waals surface area (Å²) >= 11 is 0. The molecular weight excluding hydrogens is 268 g/mol. The number of phenols is 1. The van der Waals surface area contributed by atoms with E-state index in [2.05, 4.69) is 0 Å². The van der Waals surface area contributed by atoms with E-state index < -0.39 is 18.2 Å². The summed E-state index contributed by atoms with van der Waals surface area (Å²) in [5.41, 5.74) is -2.02. The van der Waals surface area contributed by atoms with Crippen molar-refractivity contribution in [2.45, 2.75) is 45.4 Å². The van der Waals surface area contributed by atoms with Crippen molar-refractivity contribution >= 4 is 5.97 Å². The fourth-order valence-corrected chi connectivity index (χ4v) is 2.22. The zero-order valence-corrected chi connectivity index (χ0v) is 12.8. The lowest BCUT2D eigenvalue weighted by Gasteiger charge is -2.29. The van der Waals surface area contributed by atoms with Crippen molar-refractivity contribution in [1.29, 1.82) is 0 Å². The second-order valence-corrected chi connectivity index (χ2v) is 6.12. The molecule has 1 aromatic carbocycles. The van der Waals surface area contributed by atoms with Gasteiger partial charge in [0.25, 0.3) is 0 Å². The Bertz CT molecular complexity index is 569. The van der Waals surface area contributed by atoms with E-state index in [9.17, 15) is 15.0 Å². The van der Waals surface area contributed by atoms with Crippen LogP contribution in [0.15, 0.2) is 24.3 Å². The molecule has 1 rings (SSSR count). The number of ether oxygens (including phenoxy) is 1. The summed E-state index contributed by atoms with van der Waals surface area (Å²) in [6.07, 6.45) is 0.997. The maximum absolute atomic E-state index is 12.5. The van der Waals surface area contributed by atoms with E-state index in [-0.39, 0.29) is 29.8 Å². The van der Waals surface area contributed by atoms with E-state index in [0.29, 0.717) is 12.8 Å². The van der Waals surface area contributed by atoms with Crippen LogP contribution in [0.3, 0.4) is 0 Å². The number of hydrogen-bond acceptors (Lipinski definition) is 4. The van der Waals surface area contributed by atoms with Gasteiger partial charge in [-0.15, -0.1) is 0 Å². The zero-order valence-electron chi connectivity index (χ0n) is 15.8. The standard InChI is InChI=1S/C17H26O4/c1-16(2,12-18)9-6-10-17(3,15(20)21-4)13-7-5-8-14(19)11-13/h5,7-8,11,18-19H,6,9-10,12H2,1-4H3/i3D3. The number of aromatic hydroxyl groups is 1. The summed E-state index contributed by atoms with van der Waals surface area (Å²) in [6.45, 7) is 1.07. The van der Waals surface area contributed by atoms with Gasteiger partial charge in [0.1, 0.15) is 5.75 Å². The molecule has 0 bridgehead atoms. The second kappa shape index (κ2) is 6.94. The van der Waals surface area contributed by atoms with Gasteiger partial charge in [-0.3, -0.25) is 4.79 Å². The third-order valence-corrected chi connectivity index (χ3v) is 3.71. The average Bonchev–Trinajstić information content (AvgIpc) is 2.49. The van der Waals surface area contributed by atoms with Crippen molar-refractivity contribution in [1.82, 2.24) is 0 Å². The van der Waals surface area contributed by atoms with Crippen molar-refractivity contribution in [3.8, 4) is 5.75 Å². The number of aliphatic hydroxyl groups is 1. The normalized spacial score (nSPS) is 17.2. The fraction of sp³-hybridized carbons (Fsp3) is 0.588. The number of carbonyl (C=O) groups is 1. The van der Waals surface area contributed by atoms with E-state index >= 15 is 0 Å². The molecule has 0 aliphatic rings. The SMILES string of the molecule is [2H]C([2H])([2H])C(CCCC(C)(C)CO)(C(=O)OC)c1cccc(O)c1. The molecule has 0 saturated heterocycles. The molecule has 0 aliphatic carbocycles. The molecular formula is C17H26O4. The number of esters is 1. The third-order valence-electron chi connectivity index (χ3n) is 3.71. The Labute approximate surface area is 131 Å². The topological polar surface area (TPSA) is 66.8 Å². The van der Waals surface area contributed by atoms with Crippen LogP contribution in [0, 0.1) is 5.41 Å². The molecule has 118 valence electrons. The number of benzene rings is 1. The number of rotatable bonds is 7. The molecule has 2 N–H and O–H groups in total. The molecule has 4 heteroatoms. The van der Waals surface area contributed by atoms with E-state index in [1.165, 1.54) is 24.3 Å². The Hall–Kier alpha value is -1.55. The summed E-state index contributed by atoms with van der Waals surface area (Å²) < 4.78 is 28.7. The number of phenolic OH excluding ortho intramolecular Hbond substituents is 1. The summed E-state index contributed by atoms with van der Waals surface area (Å²) in [5, 5.41) is 19.1. The maximum Gasteiger partial charge on any atom is 0.315 e. The molecule has 0 radical (unpaired) electrons. The minimum atomic E-state index is -2.64. The first-order valence-corrected chi connectivity index (χ1v) is 6.99. The van der Waals surface area contributed by atoms with Crippen LogP contribution in [0.5, 0.6) is 5.75 Å². The number of methoxy groups -OCH3 is 1. The quantitative estimate of drug-likeness (QED) is 0.759. The van der Waals surface area contributed by atoms with E-state index in [4.69, 9.17) is 8.85 Å². The van der Waals surface area contributed by atoms with Crippen LogP contribution < -0.4 is 0 Å². The van der Waals surface area contributed by atoms with Crippen molar-refractivity contribution in [2.24, 2.45) is 5.41 Å².